The zero-order valence-electron chi connectivity index (χ0n) is 6.32. The van der Waals surface area contributed by atoms with Gasteiger partial charge in [-0.05, 0) is 25.9 Å². The summed E-state index contributed by atoms with van der Waals surface area (Å²) in [5.41, 5.74) is 0. The molecule has 0 aliphatic carbocycles. The minimum atomic E-state index is 0. The van der Waals surface area contributed by atoms with Crippen molar-refractivity contribution in [3.63, 3.8) is 0 Å². The molecule has 0 bridgehead atoms. The number of alkyl halides is 2. The Morgan fingerprint density at radius 3 is 1.36 bits per heavy atom. The van der Waals surface area contributed by atoms with Gasteiger partial charge in [-0.1, -0.05) is 6.42 Å². The molecule has 11 heavy (non-hydrogen) atoms. The van der Waals surface area contributed by atoms with E-state index >= 15 is 0 Å². The second-order valence-corrected chi connectivity index (χ2v) is 2.72. The van der Waals surface area contributed by atoms with Crippen LogP contribution in [0.3, 0.4) is 0 Å². The minimum Gasteiger partial charge on any atom is -0.317 e. The Bertz CT molecular complexity index is 38.3. The van der Waals surface area contributed by atoms with E-state index in [0.717, 1.165) is 0 Å². The van der Waals surface area contributed by atoms with Gasteiger partial charge in [-0.2, -0.15) is 0 Å². The number of piperidine rings is 1. The van der Waals surface area contributed by atoms with Crippen molar-refractivity contribution in [2.75, 3.05) is 18.4 Å². The first-order valence-electron chi connectivity index (χ1n) is 3.24. The van der Waals surface area contributed by atoms with Crippen molar-refractivity contribution in [2.24, 2.45) is 0 Å². The lowest BCUT2D eigenvalue weighted by atomic mass is 10.2. The molecule has 0 spiro atoms. The van der Waals surface area contributed by atoms with Crippen LogP contribution in [0.5, 0.6) is 0 Å². The number of rotatable bonds is 0. The van der Waals surface area contributed by atoms with Crippen LogP contribution in [0.4, 0.5) is 0 Å². The minimum absolute atomic E-state index is 0. The second-order valence-electron chi connectivity index (χ2n) is 1.91. The third-order valence-electron chi connectivity index (χ3n) is 1.21. The van der Waals surface area contributed by atoms with Crippen LogP contribution >= 0.6 is 48.0 Å². The van der Waals surface area contributed by atoms with Gasteiger partial charge in [-0.25, -0.2) is 0 Å². The molecule has 0 saturated carbocycles. The molecule has 0 amide bonds. The lowest BCUT2D eigenvalue weighted by molar-refractivity contribution is 0.520. The highest BCUT2D eigenvalue weighted by molar-refractivity contribution is 6.40. The lowest BCUT2D eigenvalue weighted by Gasteiger charge is -2.08. The van der Waals surface area contributed by atoms with Crippen LogP contribution in [0.25, 0.3) is 0 Å². The molecule has 1 aliphatic rings. The highest BCUT2D eigenvalue weighted by Crippen LogP contribution is 1.96. The molecule has 1 N–H and O–H groups in total. The van der Waals surface area contributed by atoms with Crippen LogP contribution in [-0.4, -0.2) is 18.4 Å². The summed E-state index contributed by atoms with van der Waals surface area (Å²) in [5.74, 6) is 0. The fraction of sp³-hybridized carbons (Fsp3) is 1.00. The maximum Gasteiger partial charge on any atom is 0.0967 e. The Morgan fingerprint density at radius 1 is 0.909 bits per heavy atom. The van der Waals surface area contributed by atoms with Crippen molar-refractivity contribution >= 4 is 48.0 Å². The summed E-state index contributed by atoms with van der Waals surface area (Å²) in [5, 5.41) is 3.48. The number of hydrogen-bond acceptors (Lipinski definition) is 1. The third-order valence-corrected chi connectivity index (χ3v) is 1.21. The highest BCUT2D eigenvalue weighted by atomic mass is 35.5. The molecule has 0 unspecified atom stereocenters. The Labute approximate surface area is 91.0 Å². The molecule has 1 heterocycles. The first-order valence-corrected chi connectivity index (χ1v) is 4.31. The summed E-state index contributed by atoms with van der Waals surface area (Å²) >= 11 is 9.53. The number of hydrogen-bond donors (Lipinski definition) is 1. The molecule has 5 heteroatoms. The molecule has 1 aliphatic heterocycles. The third kappa shape index (κ3) is 18.2. The van der Waals surface area contributed by atoms with E-state index in [-0.39, 0.29) is 30.2 Å². The van der Waals surface area contributed by atoms with Crippen LogP contribution in [0.1, 0.15) is 19.3 Å². The highest BCUT2D eigenvalue weighted by Gasteiger charge is 1.93. The van der Waals surface area contributed by atoms with Crippen LogP contribution in [0, 0.1) is 0 Å². The number of nitrogens with one attached hydrogen (secondary N) is 1. The van der Waals surface area contributed by atoms with Crippen molar-refractivity contribution in [3.8, 4) is 0 Å². The van der Waals surface area contributed by atoms with E-state index in [1.165, 1.54) is 32.4 Å². The molecular formula is C6H15Cl4N. The first kappa shape index (κ1) is 18.0. The fourth-order valence-corrected chi connectivity index (χ4v) is 0.802. The summed E-state index contributed by atoms with van der Waals surface area (Å²) in [7, 11) is 0. The predicted molar refractivity (Wildman–Crippen MR) is 57.8 cm³/mol. The van der Waals surface area contributed by atoms with Crippen LogP contribution < -0.4 is 5.32 Å². The quantitative estimate of drug-likeness (QED) is 0.645. The first-order chi connectivity index (χ1) is 4.41. The molecule has 1 fully saturated rings. The van der Waals surface area contributed by atoms with Crippen LogP contribution in [-0.2, 0) is 0 Å². The van der Waals surface area contributed by atoms with Crippen LogP contribution in [0.2, 0.25) is 0 Å². The van der Waals surface area contributed by atoms with Crippen molar-refractivity contribution in [1.82, 2.24) is 5.32 Å². The monoisotopic (exact) mass is 241 g/mol. The molecule has 1 nitrogen and oxygen atoms in total. The maximum absolute atomic E-state index is 4.76. The van der Waals surface area contributed by atoms with Crippen molar-refractivity contribution in [1.29, 1.82) is 0 Å². The Kier molecular flexibility index (Phi) is 28.3. The zero-order chi connectivity index (χ0) is 6.95. The van der Waals surface area contributed by atoms with Gasteiger partial charge in [0, 0.05) is 0 Å². The Morgan fingerprint density at radius 2 is 1.27 bits per heavy atom. The van der Waals surface area contributed by atoms with Gasteiger partial charge in [0.2, 0.25) is 0 Å². The number of halogens is 4. The molecule has 0 aromatic rings. The van der Waals surface area contributed by atoms with E-state index in [4.69, 9.17) is 23.2 Å². The average molecular weight is 243 g/mol. The molecule has 72 valence electrons. The van der Waals surface area contributed by atoms with Gasteiger partial charge in [-0.15, -0.1) is 48.0 Å². The molecule has 0 atom stereocenters. The standard InChI is InChI=1S/C5H11N.CH2Cl2.2ClH/c1-2-4-6-5-3-1;2-1-3;;/h6H,1-5H2;1H2;2*1H. The second kappa shape index (κ2) is 17.3. The molecule has 1 rings (SSSR count). The lowest BCUT2D eigenvalue weighted by Crippen LogP contribution is -2.21. The Hall–Kier alpha value is 1.12. The van der Waals surface area contributed by atoms with Gasteiger partial charge in [0.25, 0.3) is 0 Å². The largest absolute Gasteiger partial charge is 0.317 e. The summed E-state index contributed by atoms with van der Waals surface area (Å²) in [4.78, 5) is 0. The van der Waals surface area contributed by atoms with E-state index < -0.39 is 0 Å². The van der Waals surface area contributed by atoms with Crippen molar-refractivity contribution in [2.45, 2.75) is 19.3 Å². The van der Waals surface area contributed by atoms with E-state index in [9.17, 15) is 0 Å². The van der Waals surface area contributed by atoms with Crippen molar-refractivity contribution < 1.29 is 0 Å². The van der Waals surface area contributed by atoms with Gasteiger partial charge in [0.15, 0.2) is 0 Å². The zero-order valence-corrected chi connectivity index (χ0v) is 9.46. The van der Waals surface area contributed by atoms with E-state index in [1.54, 1.807) is 0 Å². The van der Waals surface area contributed by atoms with E-state index in [1.807, 2.05) is 0 Å². The molecular weight excluding hydrogens is 228 g/mol. The summed E-state index contributed by atoms with van der Waals surface area (Å²) in [6.07, 6.45) is 4.22. The van der Waals surface area contributed by atoms with E-state index in [2.05, 4.69) is 5.32 Å². The van der Waals surface area contributed by atoms with Gasteiger partial charge >= 0.3 is 0 Å². The van der Waals surface area contributed by atoms with Crippen LogP contribution in [0.15, 0.2) is 0 Å². The SMILES string of the molecule is C1CCNCC1.Cl.Cl.ClCCl. The molecule has 0 aromatic heterocycles. The normalized spacial score (nSPS) is 14.7. The van der Waals surface area contributed by atoms with Gasteiger partial charge in [-0.3, -0.25) is 0 Å². The smallest absolute Gasteiger partial charge is 0.0967 e. The van der Waals surface area contributed by atoms with Gasteiger partial charge in [0.05, 0.1) is 5.34 Å². The molecule has 0 radical (unpaired) electrons. The fourth-order valence-electron chi connectivity index (χ4n) is 0.802. The van der Waals surface area contributed by atoms with Gasteiger partial charge in [0.1, 0.15) is 0 Å². The van der Waals surface area contributed by atoms with Crippen molar-refractivity contribution in [3.05, 3.63) is 0 Å². The topological polar surface area (TPSA) is 12.0 Å². The predicted octanol–water partition coefficient (Wildman–Crippen LogP) is 3.03. The van der Waals surface area contributed by atoms with Gasteiger partial charge < -0.3 is 5.32 Å². The summed E-state index contributed by atoms with van der Waals surface area (Å²) in [6.45, 7) is 2.50. The Balaban J connectivity index is -0.000000116. The average Bonchev–Trinajstić information content (AvgIpc) is 1.93. The maximum atomic E-state index is 4.76. The summed E-state index contributed by atoms with van der Waals surface area (Å²) in [6, 6.07) is 0. The molecule has 0 aromatic carbocycles. The van der Waals surface area contributed by atoms with E-state index in [0.29, 0.717) is 0 Å². The summed E-state index contributed by atoms with van der Waals surface area (Å²) < 4.78 is 0. The molecule has 1 saturated heterocycles.